The molecule has 0 bridgehead atoms. The molecule has 2 aliphatic rings. The highest BCUT2D eigenvalue weighted by molar-refractivity contribution is 7.60. The highest BCUT2D eigenvalue weighted by atomic mass is 31.3. The molecule has 3 rings (SSSR count). The monoisotopic (exact) mass is 500 g/mol. The van der Waals surface area contributed by atoms with E-state index >= 15 is 0 Å². The molecule has 0 spiro atoms. The maximum absolute atomic E-state index is 12.2. The third-order valence-electron chi connectivity index (χ3n) is 4.70. The molecule has 0 aromatic carbocycles. The number of phosphoric ester groups is 1. The Balaban J connectivity index is 1.99. The molecular weight excluding hydrogens is 482 g/mol. The smallest absolute Gasteiger partial charge is 0.465 e. The van der Waals surface area contributed by atoms with E-state index in [0.717, 1.165) is 30.7 Å². The number of H-pyrrole nitrogens is 1. The first kappa shape index (κ1) is 24.5. The topological polar surface area (TPSA) is 230 Å². The summed E-state index contributed by atoms with van der Waals surface area (Å²) in [5, 5.41) is 0. The molecule has 178 valence electrons. The lowest BCUT2D eigenvalue weighted by molar-refractivity contribution is -0.165. The van der Waals surface area contributed by atoms with Crippen molar-refractivity contribution in [2.75, 3.05) is 6.61 Å². The predicted octanol–water partition coefficient (Wildman–Crippen LogP) is -1.48. The van der Waals surface area contributed by atoms with Crippen molar-refractivity contribution in [1.29, 1.82) is 0 Å². The number of carbonyl (C=O) groups is 2. The van der Waals surface area contributed by atoms with Crippen molar-refractivity contribution in [2.24, 2.45) is 5.41 Å². The molecule has 2 fully saturated rings. The van der Waals surface area contributed by atoms with Gasteiger partial charge in [-0.05, 0) is 0 Å². The lowest BCUT2D eigenvalue weighted by Crippen LogP contribution is -2.43. The summed E-state index contributed by atoms with van der Waals surface area (Å²) in [6.07, 6.45) is -4.51. The van der Waals surface area contributed by atoms with E-state index in [1.165, 1.54) is 0 Å². The molecule has 1 saturated heterocycles. The van der Waals surface area contributed by atoms with Crippen LogP contribution < -0.4 is 11.2 Å². The molecule has 2 unspecified atom stereocenters. The summed E-state index contributed by atoms with van der Waals surface area (Å²) in [5.74, 6) is -1.65. The highest BCUT2D eigenvalue weighted by Crippen LogP contribution is 2.69. The zero-order chi connectivity index (χ0) is 24.1. The van der Waals surface area contributed by atoms with Crippen LogP contribution in [0.4, 0.5) is 0 Å². The van der Waals surface area contributed by atoms with Gasteiger partial charge in [-0.15, -0.1) is 0 Å². The van der Waals surface area contributed by atoms with E-state index in [0.29, 0.717) is 0 Å². The quantitative estimate of drug-likeness (QED) is 0.236. The average molecular weight is 500 g/mol. The number of aromatic amines is 1. The first-order valence-corrected chi connectivity index (χ1v) is 11.7. The maximum Gasteiger partial charge on any atom is 0.481 e. The third-order valence-corrected chi connectivity index (χ3v) is 6.87. The van der Waals surface area contributed by atoms with Crippen molar-refractivity contribution < 1.29 is 56.4 Å². The number of rotatable bonds is 8. The summed E-state index contributed by atoms with van der Waals surface area (Å²) in [7, 11) is -10.8. The van der Waals surface area contributed by atoms with E-state index in [9.17, 15) is 33.2 Å². The van der Waals surface area contributed by atoms with Gasteiger partial charge in [-0.3, -0.25) is 28.5 Å². The third kappa shape index (κ3) is 4.92. The van der Waals surface area contributed by atoms with Crippen molar-refractivity contribution >= 4 is 27.6 Å². The Hall–Kier alpha value is -2.16. The summed E-state index contributed by atoms with van der Waals surface area (Å²) < 4.78 is 48.2. The normalized spacial score (nSPS) is 30.8. The van der Waals surface area contributed by atoms with Gasteiger partial charge < -0.3 is 28.9 Å². The molecule has 16 nitrogen and oxygen atoms in total. The Morgan fingerprint density at radius 1 is 1.19 bits per heavy atom. The second kappa shape index (κ2) is 8.32. The van der Waals surface area contributed by atoms with Crippen LogP contribution in [0.15, 0.2) is 21.9 Å². The summed E-state index contributed by atoms with van der Waals surface area (Å²) in [5.41, 5.74) is -3.29. The van der Waals surface area contributed by atoms with Gasteiger partial charge in [0.25, 0.3) is 5.56 Å². The Kier molecular flexibility index (Phi) is 6.36. The van der Waals surface area contributed by atoms with Gasteiger partial charge >= 0.3 is 33.3 Å². The van der Waals surface area contributed by atoms with Crippen molar-refractivity contribution in [3.05, 3.63) is 33.1 Å². The van der Waals surface area contributed by atoms with Gasteiger partial charge in [0.15, 0.2) is 12.3 Å². The average Bonchev–Trinajstić information content (AvgIpc) is 3.05. The van der Waals surface area contributed by atoms with Crippen LogP contribution in [0.1, 0.15) is 20.1 Å². The Labute approximate surface area is 177 Å². The van der Waals surface area contributed by atoms with Crippen LogP contribution in [0, 0.1) is 5.41 Å². The molecule has 1 aromatic rings. The van der Waals surface area contributed by atoms with Crippen LogP contribution in [0.3, 0.4) is 0 Å². The first-order valence-electron chi connectivity index (χ1n) is 8.72. The van der Waals surface area contributed by atoms with Crippen molar-refractivity contribution in [3.63, 3.8) is 0 Å². The van der Waals surface area contributed by atoms with Gasteiger partial charge in [-0.1, -0.05) is 0 Å². The lowest BCUT2D eigenvalue weighted by atomic mass is 9.99. The number of carbonyl (C=O) groups excluding carboxylic acids is 2. The van der Waals surface area contributed by atoms with Gasteiger partial charge in [0.1, 0.15) is 24.2 Å². The zero-order valence-electron chi connectivity index (χ0n) is 16.3. The number of fused-ring (bicyclic) bond motifs is 1. The van der Waals surface area contributed by atoms with Crippen LogP contribution in [-0.2, 0) is 41.8 Å². The van der Waals surface area contributed by atoms with Crippen LogP contribution in [0.5, 0.6) is 0 Å². The Morgan fingerprint density at radius 2 is 1.84 bits per heavy atom. The molecule has 1 aliphatic heterocycles. The number of aromatic nitrogens is 2. The zero-order valence-corrected chi connectivity index (χ0v) is 18.1. The van der Waals surface area contributed by atoms with Crippen molar-refractivity contribution in [3.8, 4) is 0 Å². The van der Waals surface area contributed by atoms with Crippen LogP contribution in [0.25, 0.3) is 0 Å². The van der Waals surface area contributed by atoms with E-state index in [-0.39, 0.29) is 0 Å². The fourth-order valence-electron chi connectivity index (χ4n) is 3.51. The molecule has 1 saturated carbocycles. The molecule has 0 amide bonds. The molecular formula is C14H18N2O14P2. The molecule has 4 N–H and O–H groups in total. The summed E-state index contributed by atoms with van der Waals surface area (Å²) in [6.45, 7) is 1.49. The van der Waals surface area contributed by atoms with Crippen molar-refractivity contribution in [1.82, 2.24) is 9.55 Å². The summed E-state index contributed by atoms with van der Waals surface area (Å²) in [4.78, 5) is 75.9. The fourth-order valence-corrected chi connectivity index (χ4v) is 5.33. The second-order valence-corrected chi connectivity index (χ2v) is 9.74. The van der Waals surface area contributed by atoms with Gasteiger partial charge in [0.05, 0.1) is 0 Å². The van der Waals surface area contributed by atoms with E-state index in [1.807, 2.05) is 4.98 Å². The molecule has 32 heavy (non-hydrogen) atoms. The van der Waals surface area contributed by atoms with E-state index in [1.54, 1.807) is 0 Å². The molecule has 1 aliphatic carbocycles. The standard InChI is InChI=1S/C14H18N2O14P2/c1-6(17)26-5-14-9(10(14)29-32(24,25)30-31(21,22)23)28-12(11(14)27-7(2)18)16-4-3-8(19)15-13(16)20/h3-4,9-12H,5H2,1-2H3,(H,24,25)(H,15,19,20)(H2,21,22,23)/t9-,10?,11+,12-,14-/m1/s1. The molecule has 2 heterocycles. The van der Waals surface area contributed by atoms with Crippen LogP contribution in [0.2, 0.25) is 0 Å². The number of hydrogen-bond acceptors (Lipinski definition) is 11. The van der Waals surface area contributed by atoms with E-state index in [2.05, 4.69) is 4.31 Å². The van der Waals surface area contributed by atoms with Crippen LogP contribution in [-0.4, -0.2) is 61.1 Å². The minimum absolute atomic E-state index is 0.583. The van der Waals surface area contributed by atoms with Gasteiger partial charge in [0, 0.05) is 26.1 Å². The highest BCUT2D eigenvalue weighted by Gasteiger charge is 2.81. The maximum atomic E-state index is 12.2. The van der Waals surface area contributed by atoms with Gasteiger partial charge in [0.2, 0.25) is 0 Å². The Morgan fingerprint density at radius 3 is 2.38 bits per heavy atom. The largest absolute Gasteiger partial charge is 0.481 e. The molecule has 1 aromatic heterocycles. The van der Waals surface area contributed by atoms with E-state index < -0.39 is 75.4 Å². The van der Waals surface area contributed by atoms with Crippen LogP contribution >= 0.6 is 15.6 Å². The van der Waals surface area contributed by atoms with Gasteiger partial charge in [-0.2, -0.15) is 4.31 Å². The lowest BCUT2D eigenvalue weighted by Gasteiger charge is -2.29. The first-order chi connectivity index (χ1) is 14.7. The summed E-state index contributed by atoms with van der Waals surface area (Å²) in [6, 6.07) is 0.988. The Bertz CT molecular complexity index is 1140. The molecule has 0 radical (unpaired) electrons. The predicted molar refractivity (Wildman–Crippen MR) is 97.7 cm³/mol. The van der Waals surface area contributed by atoms with E-state index in [4.69, 9.17) is 28.5 Å². The number of nitrogens with one attached hydrogen (secondary N) is 1. The number of nitrogens with zero attached hydrogens (tertiary/aromatic N) is 1. The minimum atomic E-state index is -5.44. The van der Waals surface area contributed by atoms with Crippen molar-refractivity contribution in [2.45, 2.75) is 38.4 Å². The SMILES string of the molecule is CC(=O)OC[C@]12C(OP(=O)(O)OP(=O)(O)O)[C@H]1O[C@@H](n1ccc(=O)[nH]c1=O)[C@@H]2OC(C)=O. The summed E-state index contributed by atoms with van der Waals surface area (Å²) >= 11 is 0. The fraction of sp³-hybridized carbons (Fsp3) is 0.571. The molecule has 6 atom stereocenters. The second-order valence-electron chi connectivity index (χ2n) is 6.95. The number of ether oxygens (including phenoxy) is 3. The minimum Gasteiger partial charge on any atom is -0.465 e. The molecule has 18 heteroatoms. The number of phosphoric acid groups is 2. The number of esters is 2. The van der Waals surface area contributed by atoms with Gasteiger partial charge in [-0.25, -0.2) is 13.9 Å². The number of hydrogen-bond donors (Lipinski definition) is 4.